The van der Waals surface area contributed by atoms with Crippen LogP contribution in [0.3, 0.4) is 0 Å². The van der Waals surface area contributed by atoms with Gasteiger partial charge < -0.3 is 25.0 Å². The molecule has 2 heterocycles. The highest BCUT2D eigenvalue weighted by atomic mass is 19.1. The van der Waals surface area contributed by atoms with Crippen molar-refractivity contribution >= 4 is 17.7 Å². The van der Waals surface area contributed by atoms with Crippen LogP contribution in [0.1, 0.15) is 18.5 Å². The van der Waals surface area contributed by atoms with Gasteiger partial charge in [-0.1, -0.05) is 30.3 Å². The van der Waals surface area contributed by atoms with Crippen LogP contribution in [0.25, 0.3) is 0 Å². The van der Waals surface area contributed by atoms with Gasteiger partial charge in [-0.05, 0) is 25.1 Å². The number of halogens is 1. The summed E-state index contributed by atoms with van der Waals surface area (Å²) in [6.45, 7) is 5.24. The molecule has 0 saturated carbocycles. The molecule has 0 radical (unpaired) electrons. The van der Waals surface area contributed by atoms with E-state index >= 15 is 0 Å². The Morgan fingerprint density at radius 1 is 1.09 bits per heavy atom. The summed E-state index contributed by atoms with van der Waals surface area (Å²) < 4.78 is 25.0. The first-order valence-corrected chi connectivity index (χ1v) is 11.3. The molecule has 1 saturated heterocycles. The van der Waals surface area contributed by atoms with Crippen molar-refractivity contribution in [3.8, 4) is 5.75 Å². The summed E-state index contributed by atoms with van der Waals surface area (Å²) in [5, 5.41) is 5.65. The van der Waals surface area contributed by atoms with E-state index in [9.17, 15) is 14.0 Å². The number of para-hydroxylation sites is 2. The molecule has 0 aliphatic carbocycles. The molecule has 8 nitrogen and oxygen atoms in total. The van der Waals surface area contributed by atoms with Crippen LogP contribution in [0.4, 0.5) is 14.9 Å². The number of nitrogens with zero attached hydrogens (tertiary/aromatic N) is 2. The van der Waals surface area contributed by atoms with Crippen molar-refractivity contribution in [2.24, 2.45) is 0 Å². The lowest BCUT2D eigenvalue weighted by molar-refractivity contribution is -0.136. The highest BCUT2D eigenvalue weighted by molar-refractivity contribution is 5.95. The summed E-state index contributed by atoms with van der Waals surface area (Å²) in [5.41, 5.74) is 2.10. The fraction of sp³-hybridized carbons (Fsp3) is 0.360. The van der Waals surface area contributed by atoms with Crippen LogP contribution in [-0.2, 0) is 9.53 Å². The molecule has 34 heavy (non-hydrogen) atoms. The summed E-state index contributed by atoms with van der Waals surface area (Å²) >= 11 is 0. The first-order valence-electron chi connectivity index (χ1n) is 11.3. The van der Waals surface area contributed by atoms with E-state index in [2.05, 4.69) is 15.5 Å². The lowest BCUT2D eigenvalue weighted by atomic mass is 9.94. The van der Waals surface area contributed by atoms with Gasteiger partial charge in [-0.3, -0.25) is 4.90 Å². The lowest BCUT2D eigenvalue weighted by Crippen LogP contribution is -2.52. The minimum absolute atomic E-state index is 0.243. The van der Waals surface area contributed by atoms with Gasteiger partial charge in [0.2, 0.25) is 0 Å². The average molecular weight is 469 g/mol. The Balaban J connectivity index is 1.58. The van der Waals surface area contributed by atoms with Crippen LogP contribution in [0.2, 0.25) is 0 Å². The number of esters is 1. The second kappa shape index (κ2) is 10.6. The van der Waals surface area contributed by atoms with E-state index in [1.807, 2.05) is 42.2 Å². The Kier molecular flexibility index (Phi) is 7.32. The van der Waals surface area contributed by atoms with E-state index in [1.54, 1.807) is 12.1 Å². The van der Waals surface area contributed by atoms with Crippen LogP contribution in [0.5, 0.6) is 5.75 Å². The van der Waals surface area contributed by atoms with Crippen LogP contribution in [-0.4, -0.2) is 63.3 Å². The van der Waals surface area contributed by atoms with Gasteiger partial charge in [0.25, 0.3) is 0 Å². The predicted octanol–water partition coefficient (Wildman–Crippen LogP) is 2.83. The Morgan fingerprint density at radius 2 is 1.79 bits per heavy atom. The second-order valence-electron chi connectivity index (χ2n) is 8.10. The number of amides is 2. The van der Waals surface area contributed by atoms with Crippen molar-refractivity contribution in [3.05, 3.63) is 71.2 Å². The average Bonchev–Trinajstić information content (AvgIpc) is 2.85. The van der Waals surface area contributed by atoms with Gasteiger partial charge in [0, 0.05) is 44.0 Å². The molecule has 0 bridgehead atoms. The van der Waals surface area contributed by atoms with Crippen LogP contribution < -0.4 is 20.3 Å². The smallest absolute Gasteiger partial charge is 0.338 e. The number of urea groups is 1. The number of methoxy groups -OCH3 is 1. The molecular weight excluding hydrogens is 439 g/mol. The Hall–Kier alpha value is -3.59. The third-order valence-electron chi connectivity index (χ3n) is 6.04. The fourth-order valence-corrected chi connectivity index (χ4v) is 4.41. The number of hydrogen-bond donors (Lipinski definition) is 2. The Labute approximate surface area is 198 Å². The maximum Gasteiger partial charge on any atom is 0.338 e. The quantitative estimate of drug-likeness (QED) is 0.608. The maximum absolute atomic E-state index is 14.2. The van der Waals surface area contributed by atoms with Gasteiger partial charge in [-0.2, -0.15) is 0 Å². The zero-order chi connectivity index (χ0) is 24.1. The molecule has 180 valence electrons. The Morgan fingerprint density at radius 3 is 2.50 bits per heavy atom. The topological polar surface area (TPSA) is 83.1 Å². The highest BCUT2D eigenvalue weighted by Crippen LogP contribution is 2.34. The summed E-state index contributed by atoms with van der Waals surface area (Å²) in [6, 6.07) is 12.9. The first-order chi connectivity index (χ1) is 16.5. The maximum atomic E-state index is 14.2. The van der Waals surface area contributed by atoms with E-state index in [-0.39, 0.29) is 5.82 Å². The Bertz CT molecular complexity index is 1080. The monoisotopic (exact) mass is 468 g/mol. The van der Waals surface area contributed by atoms with Crippen molar-refractivity contribution in [1.29, 1.82) is 0 Å². The number of carbonyl (C=O) groups excluding carboxylic acids is 2. The summed E-state index contributed by atoms with van der Waals surface area (Å²) in [5.74, 6) is -0.173. The van der Waals surface area contributed by atoms with Crippen molar-refractivity contribution in [1.82, 2.24) is 15.5 Å². The molecule has 1 fully saturated rings. The number of anilines is 1. The molecule has 4 rings (SSSR count). The van der Waals surface area contributed by atoms with Crippen molar-refractivity contribution in [2.75, 3.05) is 51.3 Å². The zero-order valence-corrected chi connectivity index (χ0v) is 19.3. The summed E-state index contributed by atoms with van der Waals surface area (Å²) in [6.07, 6.45) is 0. The predicted molar refractivity (Wildman–Crippen MR) is 126 cm³/mol. The molecule has 0 spiro atoms. The van der Waals surface area contributed by atoms with E-state index in [0.717, 1.165) is 0 Å². The van der Waals surface area contributed by atoms with Crippen LogP contribution in [0, 0.1) is 5.82 Å². The number of carbonyl (C=O) groups is 2. The molecule has 0 aromatic heterocycles. The number of hydrogen-bond acceptors (Lipinski definition) is 6. The minimum Gasteiger partial charge on any atom is -0.494 e. The fourth-order valence-electron chi connectivity index (χ4n) is 4.41. The normalized spacial score (nSPS) is 18.9. The molecule has 2 aromatic rings. The molecule has 2 aliphatic heterocycles. The molecule has 0 unspecified atom stereocenters. The first kappa shape index (κ1) is 23.6. The summed E-state index contributed by atoms with van der Waals surface area (Å²) in [4.78, 5) is 29.6. The lowest BCUT2D eigenvalue weighted by Gasteiger charge is -2.38. The summed E-state index contributed by atoms with van der Waals surface area (Å²) in [7, 11) is 1.32. The van der Waals surface area contributed by atoms with Crippen molar-refractivity contribution in [3.63, 3.8) is 0 Å². The molecule has 2 aromatic carbocycles. The van der Waals surface area contributed by atoms with Crippen molar-refractivity contribution < 1.29 is 23.5 Å². The second-order valence-corrected chi connectivity index (χ2v) is 8.10. The van der Waals surface area contributed by atoms with Gasteiger partial charge in [0.15, 0.2) is 0 Å². The van der Waals surface area contributed by atoms with Gasteiger partial charge in [0.1, 0.15) is 11.6 Å². The van der Waals surface area contributed by atoms with Gasteiger partial charge in [-0.25, -0.2) is 14.0 Å². The van der Waals surface area contributed by atoms with E-state index in [1.165, 1.54) is 13.2 Å². The zero-order valence-electron chi connectivity index (χ0n) is 19.3. The number of ether oxygens (including phenoxy) is 2. The number of piperazine rings is 1. The molecule has 2 N–H and O–H groups in total. The number of rotatable bonds is 7. The van der Waals surface area contributed by atoms with Crippen LogP contribution >= 0.6 is 0 Å². The SMILES string of the molecule is CCOc1ccccc1[C@@H]1NC(=O)NC(CN2CCN(c3ccccc3F)CC2)=C1C(=O)OC. The van der Waals surface area contributed by atoms with E-state index in [4.69, 9.17) is 9.47 Å². The molecular formula is C25H29FN4O4. The molecule has 2 aliphatic rings. The van der Waals surface area contributed by atoms with E-state index < -0.39 is 18.0 Å². The molecule has 1 atom stereocenters. The third kappa shape index (κ3) is 4.99. The number of benzene rings is 2. The largest absolute Gasteiger partial charge is 0.494 e. The number of nitrogens with one attached hydrogen (secondary N) is 2. The van der Waals surface area contributed by atoms with Gasteiger partial charge in [0.05, 0.1) is 31.0 Å². The highest BCUT2D eigenvalue weighted by Gasteiger charge is 2.36. The van der Waals surface area contributed by atoms with Crippen molar-refractivity contribution in [2.45, 2.75) is 13.0 Å². The standard InChI is InChI=1S/C25H29FN4O4/c1-3-34-21-11-7-4-8-17(21)23-22(24(31)33-2)19(27-25(32)28-23)16-29-12-14-30(15-13-29)20-10-6-5-9-18(20)26/h4-11,23H,3,12-16H2,1-2H3,(H2,27,28,32)/t23-/m0/s1. The molecule has 2 amide bonds. The van der Waals surface area contributed by atoms with Gasteiger partial charge >= 0.3 is 12.0 Å². The minimum atomic E-state index is -0.710. The molecule has 9 heteroatoms. The van der Waals surface area contributed by atoms with Gasteiger partial charge in [-0.15, -0.1) is 0 Å². The third-order valence-corrected chi connectivity index (χ3v) is 6.04. The van der Waals surface area contributed by atoms with E-state index in [0.29, 0.717) is 67.6 Å². The van der Waals surface area contributed by atoms with Crippen LogP contribution in [0.15, 0.2) is 59.8 Å².